The fourth-order valence-electron chi connectivity index (χ4n) is 2.72. The second-order valence-corrected chi connectivity index (χ2v) is 7.14. The van der Waals surface area contributed by atoms with Crippen molar-refractivity contribution in [3.8, 4) is 5.75 Å². The average molecular weight is 419 g/mol. The first-order chi connectivity index (χ1) is 13.9. The molecule has 1 N–H and O–H groups in total. The molecule has 3 aromatic rings. The summed E-state index contributed by atoms with van der Waals surface area (Å²) in [4.78, 5) is 17.7. The number of para-hydroxylation sites is 1. The summed E-state index contributed by atoms with van der Waals surface area (Å²) in [7, 11) is 0. The van der Waals surface area contributed by atoms with Crippen LogP contribution in [-0.4, -0.2) is 22.7 Å². The van der Waals surface area contributed by atoms with Crippen LogP contribution in [0.25, 0.3) is 0 Å². The smallest absolute Gasteiger partial charge is 0.387 e. The number of ether oxygens (including phenoxy) is 1. The predicted molar refractivity (Wildman–Crippen MR) is 104 cm³/mol. The number of carbonyl (C=O) groups is 1. The van der Waals surface area contributed by atoms with E-state index >= 15 is 0 Å². The van der Waals surface area contributed by atoms with Crippen LogP contribution in [-0.2, 0) is 5.75 Å². The van der Waals surface area contributed by atoms with E-state index in [0.29, 0.717) is 28.6 Å². The van der Waals surface area contributed by atoms with Crippen LogP contribution in [0.1, 0.15) is 40.6 Å². The summed E-state index contributed by atoms with van der Waals surface area (Å²) in [6, 6.07) is 13.0. The molecule has 1 unspecified atom stereocenters. The summed E-state index contributed by atoms with van der Waals surface area (Å²) in [6.45, 7) is 0.480. The van der Waals surface area contributed by atoms with Crippen LogP contribution >= 0.6 is 11.8 Å². The van der Waals surface area contributed by atoms with E-state index in [1.165, 1.54) is 17.8 Å². The number of halogens is 2. The summed E-state index contributed by atoms with van der Waals surface area (Å²) < 4.78 is 34.8. The maximum absolute atomic E-state index is 12.8. The Kier molecular flexibility index (Phi) is 6.82. The molecule has 6 nitrogen and oxygen atoms in total. The topological polar surface area (TPSA) is 77.2 Å². The molecule has 0 radical (unpaired) electrons. The minimum Gasteiger partial charge on any atom is -0.434 e. The average Bonchev–Trinajstić information content (AvgIpc) is 3.11. The largest absolute Gasteiger partial charge is 0.434 e. The Morgan fingerprint density at radius 2 is 1.93 bits per heavy atom. The fourth-order valence-corrected chi connectivity index (χ4v) is 3.61. The summed E-state index contributed by atoms with van der Waals surface area (Å²) in [5.41, 5.74) is 0.936. The summed E-state index contributed by atoms with van der Waals surface area (Å²) >= 11 is 1.41. The number of thioether (sulfide) groups is 1. The van der Waals surface area contributed by atoms with Gasteiger partial charge in [0.25, 0.3) is 5.91 Å². The molecular weight excluding hydrogens is 400 g/mol. The minimum absolute atomic E-state index is 0.0328. The highest BCUT2D eigenvalue weighted by Crippen LogP contribution is 2.28. The van der Waals surface area contributed by atoms with Crippen LogP contribution in [0.5, 0.6) is 5.75 Å². The molecule has 0 aliphatic carbocycles. The zero-order valence-corrected chi connectivity index (χ0v) is 16.6. The SMILES string of the molecule is Cc1nc(CSc2ccccc2C(=O)NC(C)c2ccccc2OC(F)F)no1. The highest BCUT2D eigenvalue weighted by Gasteiger charge is 2.19. The second-order valence-electron chi connectivity index (χ2n) is 6.13. The van der Waals surface area contributed by atoms with Gasteiger partial charge in [-0.1, -0.05) is 35.5 Å². The van der Waals surface area contributed by atoms with Crippen LogP contribution in [0.15, 0.2) is 57.9 Å². The number of hydrogen-bond donors (Lipinski definition) is 1. The van der Waals surface area contributed by atoms with E-state index in [-0.39, 0.29) is 11.7 Å². The van der Waals surface area contributed by atoms with Crippen LogP contribution in [0.2, 0.25) is 0 Å². The van der Waals surface area contributed by atoms with Gasteiger partial charge in [-0.05, 0) is 25.1 Å². The first-order valence-corrected chi connectivity index (χ1v) is 9.78. The van der Waals surface area contributed by atoms with Crippen molar-refractivity contribution in [2.24, 2.45) is 0 Å². The van der Waals surface area contributed by atoms with Gasteiger partial charge in [-0.15, -0.1) is 11.8 Å². The number of amides is 1. The Hall–Kier alpha value is -2.94. The number of nitrogens with zero attached hydrogens (tertiary/aromatic N) is 2. The first kappa shape index (κ1) is 20.8. The van der Waals surface area contributed by atoms with Crippen molar-refractivity contribution in [3.05, 3.63) is 71.4 Å². The van der Waals surface area contributed by atoms with Gasteiger partial charge in [0.05, 0.1) is 17.4 Å². The third kappa shape index (κ3) is 5.54. The van der Waals surface area contributed by atoms with Crippen molar-refractivity contribution in [1.29, 1.82) is 0 Å². The molecule has 1 heterocycles. The van der Waals surface area contributed by atoms with Gasteiger partial charge < -0.3 is 14.6 Å². The van der Waals surface area contributed by atoms with Crippen LogP contribution in [0.3, 0.4) is 0 Å². The van der Waals surface area contributed by atoms with Crippen LogP contribution < -0.4 is 10.1 Å². The highest BCUT2D eigenvalue weighted by molar-refractivity contribution is 7.98. The Bertz CT molecular complexity index is 981. The molecule has 1 amide bonds. The van der Waals surface area contributed by atoms with E-state index < -0.39 is 12.7 Å². The third-order valence-corrected chi connectivity index (χ3v) is 5.08. The molecule has 0 bridgehead atoms. The third-order valence-electron chi connectivity index (χ3n) is 4.01. The number of alkyl halides is 2. The maximum atomic E-state index is 12.8. The number of benzene rings is 2. The molecule has 2 aromatic carbocycles. The second kappa shape index (κ2) is 9.51. The molecule has 152 valence electrons. The normalized spacial score (nSPS) is 12.0. The van der Waals surface area contributed by atoms with E-state index in [9.17, 15) is 13.6 Å². The summed E-state index contributed by atoms with van der Waals surface area (Å²) in [6.07, 6.45) is 0. The molecule has 0 fully saturated rings. The zero-order valence-electron chi connectivity index (χ0n) is 15.8. The van der Waals surface area contributed by atoms with Crippen molar-refractivity contribution >= 4 is 17.7 Å². The van der Waals surface area contributed by atoms with E-state index in [0.717, 1.165) is 4.90 Å². The molecule has 9 heteroatoms. The van der Waals surface area contributed by atoms with Gasteiger partial charge in [0, 0.05) is 17.4 Å². The van der Waals surface area contributed by atoms with Gasteiger partial charge in [0.2, 0.25) is 5.89 Å². The van der Waals surface area contributed by atoms with E-state index in [1.54, 1.807) is 44.2 Å². The summed E-state index contributed by atoms with van der Waals surface area (Å²) in [5, 5.41) is 6.69. The highest BCUT2D eigenvalue weighted by atomic mass is 32.2. The van der Waals surface area contributed by atoms with Gasteiger partial charge >= 0.3 is 6.61 Å². The van der Waals surface area contributed by atoms with Gasteiger partial charge in [0.15, 0.2) is 5.82 Å². The zero-order chi connectivity index (χ0) is 20.8. The molecule has 1 aromatic heterocycles. The summed E-state index contributed by atoms with van der Waals surface area (Å²) in [5.74, 6) is 1.17. The number of aromatic nitrogens is 2. The monoisotopic (exact) mass is 419 g/mol. The molecule has 0 spiro atoms. The molecular formula is C20H19F2N3O3S. The number of rotatable bonds is 8. The van der Waals surface area contributed by atoms with E-state index in [2.05, 4.69) is 20.2 Å². The number of carbonyl (C=O) groups excluding carboxylic acids is 1. The standard InChI is InChI=1S/C20H19F2N3O3S/c1-12(14-7-3-5-9-16(14)27-20(21)22)23-19(26)15-8-4-6-10-17(15)29-11-18-24-13(2)28-25-18/h3-10,12,20H,11H2,1-2H3,(H,23,26). The van der Waals surface area contributed by atoms with Crippen molar-refractivity contribution in [2.45, 2.75) is 37.1 Å². The van der Waals surface area contributed by atoms with E-state index in [4.69, 9.17) is 4.52 Å². The number of aryl methyl sites for hydroxylation is 1. The fraction of sp³-hybridized carbons (Fsp3) is 0.250. The van der Waals surface area contributed by atoms with Crippen LogP contribution in [0.4, 0.5) is 8.78 Å². The molecule has 3 rings (SSSR count). The predicted octanol–water partition coefficient (Wildman–Crippen LogP) is 4.76. The van der Waals surface area contributed by atoms with Crippen molar-refractivity contribution < 1.29 is 22.8 Å². The molecule has 0 aliphatic rings. The molecule has 1 atom stereocenters. The molecule has 0 aliphatic heterocycles. The quantitative estimate of drug-likeness (QED) is 0.531. The van der Waals surface area contributed by atoms with Gasteiger partial charge in [-0.3, -0.25) is 4.79 Å². The lowest BCUT2D eigenvalue weighted by atomic mass is 10.1. The first-order valence-electron chi connectivity index (χ1n) is 8.79. The van der Waals surface area contributed by atoms with Gasteiger partial charge in [-0.25, -0.2) is 0 Å². The lowest BCUT2D eigenvalue weighted by Crippen LogP contribution is -2.27. The lowest BCUT2D eigenvalue weighted by molar-refractivity contribution is -0.0506. The molecule has 0 saturated carbocycles. The maximum Gasteiger partial charge on any atom is 0.387 e. The molecule has 0 saturated heterocycles. The Morgan fingerprint density at radius 3 is 2.66 bits per heavy atom. The Morgan fingerprint density at radius 1 is 1.21 bits per heavy atom. The number of nitrogens with one attached hydrogen (secondary N) is 1. The minimum atomic E-state index is -2.94. The van der Waals surface area contributed by atoms with Crippen molar-refractivity contribution in [3.63, 3.8) is 0 Å². The van der Waals surface area contributed by atoms with Crippen molar-refractivity contribution in [1.82, 2.24) is 15.5 Å². The van der Waals surface area contributed by atoms with Crippen LogP contribution in [0, 0.1) is 6.92 Å². The van der Waals surface area contributed by atoms with Gasteiger partial charge in [0.1, 0.15) is 5.75 Å². The Labute approximate surface area is 170 Å². The lowest BCUT2D eigenvalue weighted by Gasteiger charge is -2.19. The number of hydrogen-bond acceptors (Lipinski definition) is 6. The Balaban J connectivity index is 1.72. The van der Waals surface area contributed by atoms with Gasteiger partial charge in [-0.2, -0.15) is 13.8 Å². The van der Waals surface area contributed by atoms with E-state index in [1.807, 2.05) is 12.1 Å². The molecule has 29 heavy (non-hydrogen) atoms. The van der Waals surface area contributed by atoms with Crippen molar-refractivity contribution in [2.75, 3.05) is 0 Å².